The predicted octanol–water partition coefficient (Wildman–Crippen LogP) is 1.67. The second-order valence-electron chi connectivity index (χ2n) is 3.66. The third-order valence-corrected chi connectivity index (χ3v) is 2.71. The van der Waals surface area contributed by atoms with Crippen LogP contribution in [-0.2, 0) is 0 Å². The lowest BCUT2D eigenvalue weighted by molar-refractivity contribution is 0.113. The Kier molecular flexibility index (Phi) is 7.15. The van der Waals surface area contributed by atoms with Gasteiger partial charge in [0.05, 0.1) is 0 Å². The van der Waals surface area contributed by atoms with Crippen LogP contribution in [0.15, 0.2) is 0 Å². The van der Waals surface area contributed by atoms with Gasteiger partial charge in [-0.15, -0.1) is 24.0 Å². The maximum atomic E-state index is 5.68. The molecule has 1 aliphatic heterocycles. The molecule has 0 saturated carbocycles. The minimum Gasteiger partial charge on any atom is -0.300 e. The van der Waals surface area contributed by atoms with Crippen molar-refractivity contribution in [2.24, 2.45) is 0 Å². The SMILES string of the molecule is CC(C)N1CCN(CCCl)CC1.Cl. The first-order valence-corrected chi connectivity index (χ1v) is 5.30. The fourth-order valence-electron chi connectivity index (χ4n) is 1.62. The Morgan fingerprint density at radius 2 is 1.69 bits per heavy atom. The molecule has 13 heavy (non-hydrogen) atoms. The van der Waals surface area contributed by atoms with Crippen molar-refractivity contribution < 1.29 is 0 Å². The second-order valence-corrected chi connectivity index (χ2v) is 4.04. The summed E-state index contributed by atoms with van der Waals surface area (Å²) in [6.45, 7) is 10.3. The van der Waals surface area contributed by atoms with Gasteiger partial charge in [-0.2, -0.15) is 0 Å². The zero-order chi connectivity index (χ0) is 8.97. The summed E-state index contributed by atoms with van der Waals surface area (Å²) in [6.07, 6.45) is 0. The number of rotatable bonds is 3. The Bertz CT molecular complexity index is 123. The molecule has 1 rings (SSSR count). The van der Waals surface area contributed by atoms with E-state index in [1.807, 2.05) is 0 Å². The van der Waals surface area contributed by atoms with Crippen molar-refractivity contribution in [3.8, 4) is 0 Å². The summed E-state index contributed by atoms with van der Waals surface area (Å²) in [5, 5.41) is 0. The van der Waals surface area contributed by atoms with Gasteiger partial charge in [0.15, 0.2) is 0 Å². The normalized spacial score (nSPS) is 20.3. The fraction of sp³-hybridized carbons (Fsp3) is 1.00. The Balaban J connectivity index is 0.00000144. The molecule has 0 N–H and O–H groups in total. The van der Waals surface area contributed by atoms with Gasteiger partial charge in [0.1, 0.15) is 0 Å². The van der Waals surface area contributed by atoms with Crippen molar-refractivity contribution >= 4 is 24.0 Å². The lowest BCUT2D eigenvalue weighted by Gasteiger charge is -2.36. The first-order valence-electron chi connectivity index (χ1n) is 4.76. The minimum absolute atomic E-state index is 0. The summed E-state index contributed by atoms with van der Waals surface area (Å²) < 4.78 is 0. The third-order valence-electron chi connectivity index (χ3n) is 2.54. The molecule has 0 radical (unpaired) electrons. The van der Waals surface area contributed by atoms with E-state index in [0.29, 0.717) is 6.04 Å². The van der Waals surface area contributed by atoms with Gasteiger partial charge < -0.3 is 0 Å². The first kappa shape index (κ1) is 13.5. The van der Waals surface area contributed by atoms with Crippen LogP contribution >= 0.6 is 24.0 Å². The number of hydrogen-bond acceptors (Lipinski definition) is 2. The van der Waals surface area contributed by atoms with E-state index in [-0.39, 0.29) is 12.4 Å². The molecular weight excluding hydrogens is 207 g/mol. The molecule has 0 aromatic rings. The molecule has 0 bridgehead atoms. The van der Waals surface area contributed by atoms with E-state index in [1.165, 1.54) is 26.2 Å². The first-order chi connectivity index (χ1) is 5.74. The smallest absolute Gasteiger partial charge is 0.0351 e. The van der Waals surface area contributed by atoms with E-state index in [4.69, 9.17) is 11.6 Å². The quantitative estimate of drug-likeness (QED) is 0.677. The third kappa shape index (κ3) is 4.50. The van der Waals surface area contributed by atoms with Crippen LogP contribution in [0.5, 0.6) is 0 Å². The van der Waals surface area contributed by atoms with Crippen molar-refractivity contribution in [1.82, 2.24) is 9.80 Å². The van der Waals surface area contributed by atoms with Crippen molar-refractivity contribution in [2.75, 3.05) is 38.6 Å². The summed E-state index contributed by atoms with van der Waals surface area (Å²) in [6, 6.07) is 0.697. The van der Waals surface area contributed by atoms with E-state index >= 15 is 0 Å². The maximum Gasteiger partial charge on any atom is 0.0351 e. The highest BCUT2D eigenvalue weighted by Gasteiger charge is 2.17. The van der Waals surface area contributed by atoms with Gasteiger partial charge in [-0.05, 0) is 13.8 Å². The summed E-state index contributed by atoms with van der Waals surface area (Å²) >= 11 is 5.68. The van der Waals surface area contributed by atoms with Crippen LogP contribution in [0.4, 0.5) is 0 Å². The highest BCUT2D eigenvalue weighted by Crippen LogP contribution is 2.05. The average molecular weight is 227 g/mol. The van der Waals surface area contributed by atoms with Gasteiger partial charge >= 0.3 is 0 Å². The monoisotopic (exact) mass is 226 g/mol. The van der Waals surface area contributed by atoms with Crippen molar-refractivity contribution in [1.29, 1.82) is 0 Å². The van der Waals surface area contributed by atoms with Crippen LogP contribution in [0.2, 0.25) is 0 Å². The van der Waals surface area contributed by atoms with Crippen LogP contribution in [-0.4, -0.2) is 54.4 Å². The number of hydrogen-bond donors (Lipinski definition) is 0. The molecule has 1 fully saturated rings. The Labute approximate surface area is 92.6 Å². The Morgan fingerprint density at radius 3 is 2.08 bits per heavy atom. The largest absolute Gasteiger partial charge is 0.300 e. The number of halogens is 2. The zero-order valence-corrected chi connectivity index (χ0v) is 10.1. The molecular formula is C9H20Cl2N2. The highest BCUT2D eigenvalue weighted by atomic mass is 35.5. The molecule has 0 aromatic carbocycles. The molecule has 0 atom stereocenters. The topological polar surface area (TPSA) is 6.48 Å². The zero-order valence-electron chi connectivity index (χ0n) is 8.50. The lowest BCUT2D eigenvalue weighted by Crippen LogP contribution is -2.49. The number of alkyl halides is 1. The molecule has 1 saturated heterocycles. The van der Waals surface area contributed by atoms with Crippen LogP contribution in [0.3, 0.4) is 0 Å². The molecule has 0 aromatic heterocycles. The molecule has 0 amide bonds. The molecule has 4 heteroatoms. The fourth-order valence-corrected chi connectivity index (χ4v) is 1.86. The van der Waals surface area contributed by atoms with Crippen LogP contribution in [0, 0.1) is 0 Å². The maximum absolute atomic E-state index is 5.68. The van der Waals surface area contributed by atoms with Gasteiger partial charge in [0, 0.05) is 44.6 Å². The summed E-state index contributed by atoms with van der Waals surface area (Å²) in [7, 11) is 0. The predicted molar refractivity (Wildman–Crippen MR) is 61.1 cm³/mol. The van der Waals surface area contributed by atoms with E-state index in [2.05, 4.69) is 23.6 Å². The molecule has 1 aliphatic rings. The highest BCUT2D eigenvalue weighted by molar-refractivity contribution is 6.18. The molecule has 80 valence electrons. The molecule has 1 heterocycles. The Morgan fingerprint density at radius 1 is 1.15 bits per heavy atom. The number of piperazine rings is 1. The van der Waals surface area contributed by atoms with Gasteiger partial charge in [-0.3, -0.25) is 9.80 Å². The molecule has 0 spiro atoms. The van der Waals surface area contributed by atoms with Gasteiger partial charge in [0.2, 0.25) is 0 Å². The summed E-state index contributed by atoms with van der Waals surface area (Å²) in [4.78, 5) is 4.95. The summed E-state index contributed by atoms with van der Waals surface area (Å²) in [5.74, 6) is 0.766. The Hall–Kier alpha value is 0.500. The van der Waals surface area contributed by atoms with Crippen molar-refractivity contribution in [2.45, 2.75) is 19.9 Å². The van der Waals surface area contributed by atoms with Gasteiger partial charge in [-0.1, -0.05) is 0 Å². The van der Waals surface area contributed by atoms with Crippen molar-refractivity contribution in [3.05, 3.63) is 0 Å². The van der Waals surface area contributed by atoms with E-state index < -0.39 is 0 Å². The average Bonchev–Trinajstić information content (AvgIpc) is 2.06. The van der Waals surface area contributed by atoms with Gasteiger partial charge in [-0.25, -0.2) is 0 Å². The second kappa shape index (κ2) is 6.88. The lowest BCUT2D eigenvalue weighted by atomic mass is 10.2. The summed E-state index contributed by atoms with van der Waals surface area (Å²) in [5.41, 5.74) is 0. The van der Waals surface area contributed by atoms with Crippen LogP contribution < -0.4 is 0 Å². The van der Waals surface area contributed by atoms with Crippen LogP contribution in [0.1, 0.15) is 13.8 Å². The van der Waals surface area contributed by atoms with Crippen LogP contribution in [0.25, 0.3) is 0 Å². The van der Waals surface area contributed by atoms with E-state index in [9.17, 15) is 0 Å². The molecule has 0 unspecified atom stereocenters. The van der Waals surface area contributed by atoms with Gasteiger partial charge in [0.25, 0.3) is 0 Å². The number of nitrogens with zero attached hydrogens (tertiary/aromatic N) is 2. The minimum atomic E-state index is 0. The van der Waals surface area contributed by atoms with E-state index in [1.54, 1.807) is 0 Å². The molecule has 2 nitrogen and oxygen atoms in total. The van der Waals surface area contributed by atoms with E-state index in [0.717, 1.165) is 12.4 Å². The molecule has 0 aliphatic carbocycles. The van der Waals surface area contributed by atoms with Crippen molar-refractivity contribution in [3.63, 3.8) is 0 Å². The standard InChI is InChI=1S/C9H19ClN2.ClH/c1-9(2)12-7-5-11(4-3-10)6-8-12;/h9H,3-8H2,1-2H3;1H.